The summed E-state index contributed by atoms with van der Waals surface area (Å²) in [5, 5.41) is 9.41. The predicted octanol–water partition coefficient (Wildman–Crippen LogP) is 3.64. The molecular formula is C22H29NO4. The fraction of sp³-hybridized carbons (Fsp3) is 0.500. The Morgan fingerprint density at radius 1 is 0.963 bits per heavy atom. The van der Waals surface area contributed by atoms with Crippen molar-refractivity contribution in [2.75, 3.05) is 19.8 Å². The number of hydrogen-bond acceptors (Lipinski definition) is 4. The topological polar surface area (TPSA) is 81.8 Å². The van der Waals surface area contributed by atoms with Gasteiger partial charge in [0.05, 0.1) is 18.8 Å². The lowest BCUT2D eigenvalue weighted by atomic mass is 10.0. The molecule has 0 aliphatic carbocycles. The lowest BCUT2D eigenvalue weighted by Crippen LogP contribution is -2.09. The fourth-order valence-corrected chi connectivity index (χ4v) is 2.55. The number of carbonyl (C=O) groups is 1. The van der Waals surface area contributed by atoms with Crippen molar-refractivity contribution in [3.63, 3.8) is 0 Å². The second-order valence-corrected chi connectivity index (χ2v) is 6.17. The molecule has 0 heterocycles. The molecule has 0 amide bonds. The first-order valence-corrected chi connectivity index (χ1v) is 9.36. The van der Waals surface area contributed by atoms with Gasteiger partial charge < -0.3 is 20.3 Å². The maximum Gasteiger partial charge on any atom is 0.335 e. The molecule has 0 aliphatic rings. The molecular weight excluding hydrogens is 342 g/mol. The molecule has 5 heteroatoms. The zero-order valence-electron chi connectivity index (χ0n) is 15.8. The maximum absolute atomic E-state index is 11.5. The average molecular weight is 371 g/mol. The van der Waals surface area contributed by atoms with E-state index in [2.05, 4.69) is 11.8 Å². The van der Waals surface area contributed by atoms with Crippen molar-refractivity contribution in [2.45, 2.75) is 51.4 Å². The number of carboxylic acid groups (broad SMARTS) is 1. The lowest BCUT2D eigenvalue weighted by molar-refractivity contribution is 0.0695. The van der Waals surface area contributed by atoms with Gasteiger partial charge in [-0.3, -0.25) is 0 Å². The van der Waals surface area contributed by atoms with Crippen LogP contribution in [0.15, 0.2) is 12.1 Å². The summed E-state index contributed by atoms with van der Waals surface area (Å²) in [7, 11) is 0. The van der Waals surface area contributed by atoms with Gasteiger partial charge in [-0.05, 0) is 57.2 Å². The Bertz CT molecular complexity index is 625. The molecule has 0 aliphatic heterocycles. The minimum absolute atomic E-state index is 0.142. The predicted molar refractivity (Wildman–Crippen MR) is 107 cm³/mol. The van der Waals surface area contributed by atoms with Gasteiger partial charge in [-0.1, -0.05) is 0 Å². The van der Waals surface area contributed by atoms with Crippen LogP contribution < -0.4 is 15.2 Å². The summed E-state index contributed by atoms with van der Waals surface area (Å²) in [5.74, 6) is 5.26. The molecule has 146 valence electrons. The van der Waals surface area contributed by atoms with Gasteiger partial charge in [-0.25, -0.2) is 4.79 Å². The van der Waals surface area contributed by atoms with E-state index in [1.807, 2.05) is 0 Å². The Morgan fingerprint density at radius 2 is 1.48 bits per heavy atom. The highest BCUT2D eigenvalue weighted by molar-refractivity contribution is 5.89. The third kappa shape index (κ3) is 8.53. The molecule has 1 aromatic carbocycles. The fourth-order valence-electron chi connectivity index (χ4n) is 2.55. The normalized spacial score (nSPS) is 10.0. The van der Waals surface area contributed by atoms with Crippen LogP contribution in [0.25, 0.3) is 0 Å². The molecule has 1 rings (SSSR count). The van der Waals surface area contributed by atoms with Crippen molar-refractivity contribution in [3.05, 3.63) is 23.3 Å². The first kappa shape index (κ1) is 22.4. The molecule has 0 saturated heterocycles. The van der Waals surface area contributed by atoms with Crippen LogP contribution in [0.3, 0.4) is 0 Å². The van der Waals surface area contributed by atoms with Gasteiger partial charge in [-0.15, -0.1) is 24.7 Å². The van der Waals surface area contributed by atoms with Crippen LogP contribution in [-0.4, -0.2) is 30.8 Å². The zero-order valence-corrected chi connectivity index (χ0v) is 15.8. The number of nitrogens with two attached hydrogens (primary N) is 1. The Hall–Kier alpha value is -2.63. The van der Waals surface area contributed by atoms with E-state index in [0.717, 1.165) is 37.7 Å². The minimum Gasteiger partial charge on any atom is -0.493 e. The third-order valence-electron chi connectivity index (χ3n) is 3.99. The van der Waals surface area contributed by atoms with Crippen LogP contribution in [-0.2, 0) is 6.42 Å². The molecule has 0 unspecified atom stereocenters. The van der Waals surface area contributed by atoms with E-state index < -0.39 is 5.97 Å². The lowest BCUT2D eigenvalue weighted by Gasteiger charge is -2.17. The summed E-state index contributed by atoms with van der Waals surface area (Å²) in [6.07, 6.45) is 16.7. The molecule has 0 radical (unpaired) electrons. The maximum atomic E-state index is 11.5. The number of terminal acetylenes is 2. The Morgan fingerprint density at radius 3 is 1.89 bits per heavy atom. The quantitative estimate of drug-likeness (QED) is 0.385. The smallest absolute Gasteiger partial charge is 0.335 e. The van der Waals surface area contributed by atoms with E-state index in [4.69, 9.17) is 28.1 Å². The highest BCUT2D eigenvalue weighted by Gasteiger charge is 2.16. The third-order valence-corrected chi connectivity index (χ3v) is 3.99. The van der Waals surface area contributed by atoms with Crippen molar-refractivity contribution in [2.24, 2.45) is 5.73 Å². The molecule has 0 saturated carbocycles. The summed E-state index contributed by atoms with van der Waals surface area (Å²) in [5.41, 5.74) is 6.65. The first-order valence-electron chi connectivity index (χ1n) is 9.36. The first-order chi connectivity index (χ1) is 13.1. The average Bonchev–Trinajstić information content (AvgIpc) is 2.66. The standard InChI is InChI=1S/C22H29NO4/c1-3-5-7-9-14-26-20-16-18(22(24)25)17-21(19(20)12-11-13-23)27-15-10-8-6-4-2/h1-2,16-17H,5-15,23H2,(H,24,25). The van der Waals surface area contributed by atoms with Crippen molar-refractivity contribution in [3.8, 4) is 36.2 Å². The van der Waals surface area contributed by atoms with E-state index in [-0.39, 0.29) is 5.56 Å². The Balaban J connectivity index is 2.95. The monoisotopic (exact) mass is 371 g/mol. The van der Waals surface area contributed by atoms with Gasteiger partial charge in [0.25, 0.3) is 0 Å². The number of rotatable bonds is 14. The summed E-state index contributed by atoms with van der Waals surface area (Å²) in [4.78, 5) is 11.5. The van der Waals surface area contributed by atoms with Crippen molar-refractivity contribution in [1.82, 2.24) is 0 Å². The molecule has 0 atom stereocenters. The highest BCUT2D eigenvalue weighted by atomic mass is 16.5. The van der Waals surface area contributed by atoms with Gasteiger partial charge in [0.1, 0.15) is 11.5 Å². The van der Waals surface area contributed by atoms with E-state index in [9.17, 15) is 9.90 Å². The summed E-state index contributed by atoms with van der Waals surface area (Å²) in [6, 6.07) is 3.11. The van der Waals surface area contributed by atoms with E-state index in [1.165, 1.54) is 0 Å². The van der Waals surface area contributed by atoms with Gasteiger partial charge in [-0.2, -0.15) is 0 Å². The molecule has 3 N–H and O–H groups in total. The zero-order chi connectivity index (χ0) is 19.9. The summed E-state index contributed by atoms with van der Waals surface area (Å²) < 4.78 is 11.8. The number of ether oxygens (including phenoxy) is 2. The highest BCUT2D eigenvalue weighted by Crippen LogP contribution is 2.32. The molecule has 0 fully saturated rings. The van der Waals surface area contributed by atoms with Crippen LogP contribution in [0.5, 0.6) is 11.5 Å². The molecule has 27 heavy (non-hydrogen) atoms. The van der Waals surface area contributed by atoms with E-state index in [0.29, 0.717) is 50.5 Å². The largest absolute Gasteiger partial charge is 0.493 e. The molecule has 0 spiro atoms. The number of hydrogen-bond donors (Lipinski definition) is 2. The number of benzene rings is 1. The SMILES string of the molecule is C#CCCCCOc1cc(C(=O)O)cc(OCCCCC#C)c1CCCN. The number of aromatic carboxylic acids is 1. The van der Waals surface area contributed by atoms with Gasteiger partial charge in [0.2, 0.25) is 0 Å². The second kappa shape index (κ2) is 13.6. The van der Waals surface area contributed by atoms with Crippen molar-refractivity contribution in [1.29, 1.82) is 0 Å². The van der Waals surface area contributed by atoms with E-state index in [1.54, 1.807) is 12.1 Å². The van der Waals surface area contributed by atoms with Crippen molar-refractivity contribution < 1.29 is 19.4 Å². The number of unbranched alkanes of at least 4 members (excludes halogenated alkanes) is 4. The van der Waals surface area contributed by atoms with Gasteiger partial charge >= 0.3 is 5.97 Å². The number of carboxylic acids is 1. The van der Waals surface area contributed by atoms with Crippen LogP contribution in [0.2, 0.25) is 0 Å². The summed E-state index contributed by atoms with van der Waals surface area (Å²) in [6.45, 7) is 1.48. The second-order valence-electron chi connectivity index (χ2n) is 6.17. The van der Waals surface area contributed by atoms with Crippen LogP contribution in [0, 0.1) is 24.7 Å². The summed E-state index contributed by atoms with van der Waals surface area (Å²) >= 11 is 0. The molecule has 5 nitrogen and oxygen atoms in total. The van der Waals surface area contributed by atoms with Crippen LogP contribution >= 0.6 is 0 Å². The van der Waals surface area contributed by atoms with Gasteiger partial charge in [0.15, 0.2) is 0 Å². The Kier molecular flexibility index (Phi) is 11.3. The van der Waals surface area contributed by atoms with Crippen LogP contribution in [0.4, 0.5) is 0 Å². The molecule has 0 aromatic heterocycles. The Labute approximate surface area is 162 Å². The molecule has 0 bridgehead atoms. The van der Waals surface area contributed by atoms with Crippen LogP contribution in [0.1, 0.15) is 60.9 Å². The minimum atomic E-state index is -1.02. The molecule has 1 aromatic rings. The van der Waals surface area contributed by atoms with Gasteiger partial charge in [0, 0.05) is 18.4 Å². The van der Waals surface area contributed by atoms with E-state index >= 15 is 0 Å². The van der Waals surface area contributed by atoms with Crippen molar-refractivity contribution >= 4 is 5.97 Å².